The number of hydrogen-bond acceptors (Lipinski definition) is 2. The first kappa shape index (κ1) is 17.8. The minimum Gasteiger partial charge on any atom is -0.497 e. The molecule has 6 rings (SSSR count). The third-order valence-electron chi connectivity index (χ3n) is 5.94. The fourth-order valence-electron chi connectivity index (χ4n) is 4.30. The Morgan fingerprint density at radius 1 is 0.806 bits per heavy atom. The molecule has 4 heteroatoms. The average Bonchev–Trinajstić information content (AvgIpc) is 3.36. The fraction of sp³-hybridized carbons (Fsp3) is 0.0741. The molecule has 0 saturated carbocycles. The molecule has 0 radical (unpaired) electrons. The Hall–Kier alpha value is -4.05. The lowest BCUT2D eigenvalue weighted by atomic mass is 10.1. The Kier molecular flexibility index (Phi) is 3.87. The highest BCUT2D eigenvalue weighted by molar-refractivity contribution is 6.05. The molecule has 2 aromatic heterocycles. The van der Waals surface area contributed by atoms with Gasteiger partial charge in [-0.1, -0.05) is 48.0 Å². The van der Waals surface area contributed by atoms with Gasteiger partial charge in [-0.3, -0.25) is 8.97 Å². The van der Waals surface area contributed by atoms with Gasteiger partial charge in [-0.15, -0.1) is 0 Å². The van der Waals surface area contributed by atoms with Crippen LogP contribution in [0.5, 0.6) is 5.75 Å². The zero-order valence-electron chi connectivity index (χ0n) is 17.4. The maximum Gasteiger partial charge on any atom is 0.220 e. The summed E-state index contributed by atoms with van der Waals surface area (Å²) in [5, 5.41) is 2.37. The summed E-state index contributed by atoms with van der Waals surface area (Å²) in [7, 11) is 1.69. The van der Waals surface area contributed by atoms with Crippen molar-refractivity contribution in [3.8, 4) is 22.7 Å². The summed E-state index contributed by atoms with van der Waals surface area (Å²) in [4.78, 5) is 5.12. The van der Waals surface area contributed by atoms with Crippen molar-refractivity contribution in [2.24, 2.45) is 0 Å². The van der Waals surface area contributed by atoms with Crippen LogP contribution in [0.3, 0.4) is 0 Å². The van der Waals surface area contributed by atoms with Crippen LogP contribution < -0.4 is 4.74 Å². The number of nitrogens with zero attached hydrogens (tertiary/aromatic N) is 3. The van der Waals surface area contributed by atoms with Gasteiger partial charge in [0.2, 0.25) is 5.78 Å². The van der Waals surface area contributed by atoms with E-state index < -0.39 is 0 Å². The van der Waals surface area contributed by atoms with Gasteiger partial charge in [0.25, 0.3) is 0 Å². The molecule has 2 heterocycles. The van der Waals surface area contributed by atoms with Gasteiger partial charge in [0.1, 0.15) is 5.75 Å². The van der Waals surface area contributed by atoms with Gasteiger partial charge in [-0.2, -0.15) is 0 Å². The normalized spacial score (nSPS) is 11.5. The maximum absolute atomic E-state index is 5.35. The second kappa shape index (κ2) is 6.74. The third kappa shape index (κ3) is 2.72. The maximum atomic E-state index is 5.35. The van der Waals surface area contributed by atoms with Crippen LogP contribution in [0.25, 0.3) is 44.5 Å². The standard InChI is InChI=1S/C27H21N3O/c1-18-7-12-21(13-8-18)30-25(20-9-14-22(31-2)15-10-20)17-29-24-16-11-19-5-3-4-6-23(19)26(24)28-27(29)30/h3-17H,1-2H3. The molecule has 0 spiro atoms. The van der Waals surface area contributed by atoms with Crippen molar-refractivity contribution < 1.29 is 4.74 Å². The Balaban J connectivity index is 1.69. The predicted molar refractivity (Wildman–Crippen MR) is 126 cm³/mol. The zero-order valence-corrected chi connectivity index (χ0v) is 17.4. The van der Waals surface area contributed by atoms with E-state index in [1.165, 1.54) is 16.3 Å². The smallest absolute Gasteiger partial charge is 0.220 e. The van der Waals surface area contributed by atoms with Crippen LogP contribution in [0.2, 0.25) is 0 Å². The van der Waals surface area contributed by atoms with Crippen molar-refractivity contribution in [1.82, 2.24) is 14.0 Å². The minimum absolute atomic E-state index is 0.846. The SMILES string of the molecule is COc1ccc(-c2cn3c4ccc5ccccc5c4nc3n2-c2ccc(C)cc2)cc1. The molecule has 150 valence electrons. The summed E-state index contributed by atoms with van der Waals surface area (Å²) in [6.45, 7) is 2.11. The topological polar surface area (TPSA) is 31.5 Å². The zero-order chi connectivity index (χ0) is 20.9. The van der Waals surface area contributed by atoms with Crippen LogP contribution in [-0.2, 0) is 0 Å². The highest BCUT2D eigenvalue weighted by atomic mass is 16.5. The van der Waals surface area contributed by atoms with Crippen molar-refractivity contribution in [2.75, 3.05) is 7.11 Å². The van der Waals surface area contributed by atoms with Gasteiger partial charge in [-0.25, -0.2) is 4.98 Å². The first-order valence-corrected chi connectivity index (χ1v) is 10.4. The third-order valence-corrected chi connectivity index (χ3v) is 5.94. The highest BCUT2D eigenvalue weighted by Crippen LogP contribution is 2.33. The van der Waals surface area contributed by atoms with E-state index in [0.29, 0.717) is 0 Å². The monoisotopic (exact) mass is 403 g/mol. The Bertz CT molecular complexity index is 1550. The van der Waals surface area contributed by atoms with Crippen LogP contribution in [0.4, 0.5) is 0 Å². The summed E-state index contributed by atoms with van der Waals surface area (Å²) >= 11 is 0. The van der Waals surface area contributed by atoms with Crippen LogP contribution in [-0.4, -0.2) is 21.1 Å². The number of hydrogen-bond donors (Lipinski definition) is 0. The second-order valence-electron chi connectivity index (χ2n) is 7.85. The van der Waals surface area contributed by atoms with E-state index >= 15 is 0 Å². The van der Waals surface area contributed by atoms with Gasteiger partial charge in [0, 0.05) is 22.8 Å². The number of benzene rings is 4. The van der Waals surface area contributed by atoms with Gasteiger partial charge >= 0.3 is 0 Å². The van der Waals surface area contributed by atoms with Gasteiger partial charge in [0.15, 0.2) is 0 Å². The molecule has 0 saturated heterocycles. The lowest BCUT2D eigenvalue weighted by Crippen LogP contribution is -1.98. The molecule has 0 amide bonds. The Morgan fingerprint density at radius 3 is 2.35 bits per heavy atom. The molecule has 0 N–H and O–H groups in total. The first-order chi connectivity index (χ1) is 15.2. The molecular formula is C27H21N3O. The predicted octanol–water partition coefficient (Wildman–Crippen LogP) is 6.42. The molecular weight excluding hydrogens is 382 g/mol. The molecule has 0 fully saturated rings. The summed E-state index contributed by atoms with van der Waals surface area (Å²) in [6.07, 6.45) is 2.18. The molecule has 0 aliphatic rings. The van der Waals surface area contributed by atoms with Crippen LogP contribution in [0.1, 0.15) is 5.56 Å². The number of rotatable bonds is 3. The van der Waals surface area contributed by atoms with Crippen LogP contribution in [0, 0.1) is 6.92 Å². The van der Waals surface area contributed by atoms with Crippen LogP contribution in [0.15, 0.2) is 91.1 Å². The Morgan fingerprint density at radius 2 is 1.58 bits per heavy atom. The van der Waals surface area contributed by atoms with Crippen molar-refractivity contribution in [3.05, 3.63) is 96.7 Å². The van der Waals surface area contributed by atoms with Crippen molar-refractivity contribution in [1.29, 1.82) is 0 Å². The Labute approximate surface area is 180 Å². The summed E-state index contributed by atoms with van der Waals surface area (Å²) < 4.78 is 9.78. The van der Waals surface area contributed by atoms with E-state index in [1.807, 2.05) is 12.1 Å². The molecule has 6 aromatic rings. The number of fused-ring (bicyclic) bond motifs is 5. The van der Waals surface area contributed by atoms with Crippen molar-refractivity contribution in [2.45, 2.75) is 6.92 Å². The largest absolute Gasteiger partial charge is 0.497 e. The van der Waals surface area contributed by atoms with Gasteiger partial charge < -0.3 is 4.74 Å². The number of ether oxygens (including phenoxy) is 1. The summed E-state index contributed by atoms with van der Waals surface area (Å²) in [6, 6.07) is 29.5. The summed E-state index contributed by atoms with van der Waals surface area (Å²) in [5.74, 6) is 1.75. The van der Waals surface area contributed by atoms with Gasteiger partial charge in [-0.05, 0) is 54.8 Å². The van der Waals surface area contributed by atoms with E-state index in [-0.39, 0.29) is 0 Å². The first-order valence-electron chi connectivity index (χ1n) is 10.4. The highest BCUT2D eigenvalue weighted by Gasteiger charge is 2.18. The van der Waals surface area contributed by atoms with Crippen molar-refractivity contribution >= 4 is 27.6 Å². The molecule has 31 heavy (non-hydrogen) atoms. The van der Waals surface area contributed by atoms with E-state index in [9.17, 15) is 0 Å². The molecule has 0 bridgehead atoms. The minimum atomic E-state index is 0.846. The van der Waals surface area contributed by atoms with Gasteiger partial charge in [0.05, 0.1) is 23.8 Å². The van der Waals surface area contributed by atoms with Crippen molar-refractivity contribution in [3.63, 3.8) is 0 Å². The lowest BCUT2D eigenvalue weighted by molar-refractivity contribution is 0.415. The van der Waals surface area contributed by atoms with E-state index in [0.717, 1.165) is 39.5 Å². The van der Waals surface area contributed by atoms with Crippen LogP contribution >= 0.6 is 0 Å². The van der Waals surface area contributed by atoms with E-state index in [2.05, 4.69) is 94.9 Å². The average molecular weight is 403 g/mol. The molecule has 4 nitrogen and oxygen atoms in total. The molecule has 0 unspecified atom stereocenters. The lowest BCUT2D eigenvalue weighted by Gasteiger charge is -2.10. The number of methoxy groups -OCH3 is 1. The quantitative estimate of drug-likeness (QED) is 0.342. The molecule has 0 aliphatic carbocycles. The number of imidazole rings is 2. The van der Waals surface area contributed by atoms with E-state index in [1.54, 1.807) is 7.11 Å². The number of aromatic nitrogens is 3. The number of aryl methyl sites for hydroxylation is 1. The second-order valence-corrected chi connectivity index (χ2v) is 7.85. The molecule has 0 atom stereocenters. The van der Waals surface area contributed by atoms with E-state index in [4.69, 9.17) is 9.72 Å². The molecule has 0 aliphatic heterocycles. The fourth-order valence-corrected chi connectivity index (χ4v) is 4.30. The summed E-state index contributed by atoms with van der Waals surface area (Å²) in [5.41, 5.74) is 6.65. The molecule has 4 aromatic carbocycles.